The van der Waals surface area contributed by atoms with Crippen molar-refractivity contribution in [2.75, 3.05) is 23.6 Å². The van der Waals surface area contributed by atoms with Gasteiger partial charge in [0.2, 0.25) is 0 Å². The number of hydrogen-bond donors (Lipinski definition) is 0. The Morgan fingerprint density at radius 3 is 2.95 bits per heavy atom. The van der Waals surface area contributed by atoms with Gasteiger partial charge in [0.05, 0.1) is 5.88 Å². The minimum absolute atomic E-state index is 0.0484. The highest BCUT2D eigenvalue weighted by Gasteiger charge is 2.37. The molecule has 1 fully saturated rings. The summed E-state index contributed by atoms with van der Waals surface area (Å²) in [6.45, 7) is 3.80. The molecule has 0 bridgehead atoms. The molecule has 5 nitrogen and oxygen atoms in total. The Morgan fingerprint density at radius 2 is 2.33 bits per heavy atom. The lowest BCUT2D eigenvalue weighted by molar-refractivity contribution is -0.133. The number of allylic oxidation sites excluding steroid dienone is 1. The minimum atomic E-state index is -0.406. The number of thioether (sulfide) groups is 1. The van der Waals surface area contributed by atoms with E-state index in [9.17, 15) is 9.59 Å². The summed E-state index contributed by atoms with van der Waals surface area (Å²) in [5.41, 5.74) is 0.703. The average Bonchev–Trinajstić information content (AvgIpc) is 3.15. The number of carbonyl (C=O) groups excluding carboxylic acids is 2. The highest BCUT2D eigenvalue weighted by Crippen LogP contribution is 2.26. The first-order chi connectivity index (χ1) is 10.1. The molecule has 1 aromatic rings. The Bertz CT molecular complexity index is 542. The summed E-state index contributed by atoms with van der Waals surface area (Å²) >= 11 is 3.03. The quantitative estimate of drug-likeness (QED) is 0.798. The van der Waals surface area contributed by atoms with Gasteiger partial charge in [-0.05, 0) is 13.3 Å². The third-order valence-electron chi connectivity index (χ3n) is 3.31. The zero-order chi connectivity index (χ0) is 15.4. The lowest BCUT2D eigenvalue weighted by Crippen LogP contribution is -2.48. The van der Waals surface area contributed by atoms with Crippen LogP contribution in [0.15, 0.2) is 23.2 Å². The van der Waals surface area contributed by atoms with E-state index in [2.05, 4.69) is 4.98 Å². The summed E-state index contributed by atoms with van der Waals surface area (Å²) in [6, 6.07) is -0.406. The number of anilines is 1. The van der Waals surface area contributed by atoms with Gasteiger partial charge in [-0.1, -0.05) is 13.0 Å². The largest absolute Gasteiger partial charge is 0.317 e. The predicted molar refractivity (Wildman–Crippen MR) is 87.5 cm³/mol. The molecule has 2 rings (SSSR count). The van der Waals surface area contributed by atoms with Gasteiger partial charge in [-0.15, -0.1) is 23.1 Å². The lowest BCUT2D eigenvalue weighted by atomic mass is 10.2. The summed E-state index contributed by atoms with van der Waals surface area (Å²) in [6.07, 6.45) is 4.39. The molecule has 1 saturated heterocycles. The Balaban J connectivity index is 2.13. The van der Waals surface area contributed by atoms with Crippen LogP contribution in [0, 0.1) is 0 Å². The van der Waals surface area contributed by atoms with E-state index in [-0.39, 0.29) is 11.8 Å². The van der Waals surface area contributed by atoms with Crippen LogP contribution in [0.4, 0.5) is 5.13 Å². The van der Waals surface area contributed by atoms with Gasteiger partial charge < -0.3 is 4.90 Å². The Kier molecular flexibility index (Phi) is 5.41. The van der Waals surface area contributed by atoms with Crippen molar-refractivity contribution in [3.63, 3.8) is 0 Å². The zero-order valence-electron chi connectivity index (χ0n) is 12.4. The van der Waals surface area contributed by atoms with Crippen LogP contribution in [0.25, 0.3) is 0 Å². The third-order valence-corrected chi connectivity index (χ3v) is 5.17. The third kappa shape index (κ3) is 3.47. The van der Waals surface area contributed by atoms with Crippen LogP contribution in [0.1, 0.15) is 20.3 Å². The van der Waals surface area contributed by atoms with Gasteiger partial charge >= 0.3 is 0 Å². The SMILES string of the molecule is CCC=C(C)C(=O)N1CSCC1C(=O)N(C)c1nccs1. The van der Waals surface area contributed by atoms with Gasteiger partial charge in [-0.3, -0.25) is 14.5 Å². The van der Waals surface area contributed by atoms with Crippen molar-refractivity contribution in [2.24, 2.45) is 0 Å². The van der Waals surface area contributed by atoms with E-state index in [0.717, 1.165) is 6.42 Å². The molecule has 1 atom stereocenters. The van der Waals surface area contributed by atoms with Crippen LogP contribution in [-0.2, 0) is 9.59 Å². The van der Waals surface area contributed by atoms with Gasteiger partial charge in [-0.2, -0.15) is 0 Å². The monoisotopic (exact) mass is 325 g/mol. The molecule has 0 spiro atoms. The van der Waals surface area contributed by atoms with E-state index >= 15 is 0 Å². The Labute approximate surface area is 133 Å². The minimum Gasteiger partial charge on any atom is -0.317 e. The van der Waals surface area contributed by atoms with Gasteiger partial charge in [0.1, 0.15) is 6.04 Å². The molecule has 21 heavy (non-hydrogen) atoms. The smallest absolute Gasteiger partial charge is 0.252 e. The molecule has 0 saturated carbocycles. The van der Waals surface area contributed by atoms with Gasteiger partial charge in [0.25, 0.3) is 11.8 Å². The van der Waals surface area contributed by atoms with E-state index in [1.54, 1.807) is 41.7 Å². The summed E-state index contributed by atoms with van der Waals surface area (Å²) < 4.78 is 0. The molecule has 1 aliphatic heterocycles. The van der Waals surface area contributed by atoms with Crippen LogP contribution in [0.3, 0.4) is 0 Å². The molecule has 2 heterocycles. The van der Waals surface area contributed by atoms with Gasteiger partial charge in [0, 0.05) is 30.0 Å². The number of hydrogen-bond acceptors (Lipinski definition) is 5. The first kappa shape index (κ1) is 16.0. The fourth-order valence-corrected chi connectivity index (χ4v) is 3.93. The highest BCUT2D eigenvalue weighted by atomic mass is 32.2. The molecule has 0 aliphatic carbocycles. The summed E-state index contributed by atoms with van der Waals surface area (Å²) in [4.78, 5) is 32.4. The van der Waals surface area contributed by atoms with Crippen molar-refractivity contribution >= 4 is 40.0 Å². The van der Waals surface area contributed by atoms with Crippen molar-refractivity contribution in [3.05, 3.63) is 23.2 Å². The standard InChI is InChI=1S/C14H19N3O2S2/c1-4-5-10(2)12(18)17-9-20-8-11(17)13(19)16(3)14-15-6-7-21-14/h5-7,11H,4,8-9H2,1-3H3. The maximum absolute atomic E-state index is 12.6. The molecule has 0 radical (unpaired) electrons. The summed E-state index contributed by atoms with van der Waals surface area (Å²) in [5.74, 6) is 1.08. The van der Waals surface area contributed by atoms with E-state index in [1.807, 2.05) is 18.4 Å². The number of nitrogens with zero attached hydrogens (tertiary/aromatic N) is 3. The van der Waals surface area contributed by atoms with E-state index in [0.29, 0.717) is 22.3 Å². The molecular weight excluding hydrogens is 306 g/mol. The van der Waals surface area contributed by atoms with Crippen LogP contribution >= 0.6 is 23.1 Å². The number of amides is 2. The second-order valence-electron chi connectivity index (χ2n) is 4.80. The van der Waals surface area contributed by atoms with Crippen LogP contribution in [-0.4, -0.2) is 46.4 Å². The van der Waals surface area contributed by atoms with E-state index in [4.69, 9.17) is 0 Å². The molecule has 7 heteroatoms. The van der Waals surface area contributed by atoms with Crippen LogP contribution in [0.5, 0.6) is 0 Å². The van der Waals surface area contributed by atoms with Crippen LogP contribution in [0.2, 0.25) is 0 Å². The van der Waals surface area contributed by atoms with Crippen molar-refractivity contribution in [3.8, 4) is 0 Å². The summed E-state index contributed by atoms with van der Waals surface area (Å²) in [7, 11) is 1.71. The molecule has 1 unspecified atom stereocenters. The lowest BCUT2D eigenvalue weighted by Gasteiger charge is -2.26. The Hall–Kier alpha value is -1.34. The highest BCUT2D eigenvalue weighted by molar-refractivity contribution is 7.99. The maximum atomic E-state index is 12.6. The van der Waals surface area contributed by atoms with Crippen molar-refractivity contribution < 1.29 is 9.59 Å². The zero-order valence-corrected chi connectivity index (χ0v) is 14.0. The number of aromatic nitrogens is 1. The van der Waals surface area contributed by atoms with Gasteiger partial charge in [0.15, 0.2) is 5.13 Å². The van der Waals surface area contributed by atoms with Crippen molar-refractivity contribution in [1.29, 1.82) is 0 Å². The van der Waals surface area contributed by atoms with Crippen LogP contribution < -0.4 is 4.90 Å². The molecule has 1 aromatic heterocycles. The van der Waals surface area contributed by atoms with Crippen molar-refractivity contribution in [1.82, 2.24) is 9.88 Å². The van der Waals surface area contributed by atoms with E-state index < -0.39 is 6.04 Å². The maximum Gasteiger partial charge on any atom is 0.252 e. The molecule has 114 valence electrons. The molecule has 1 aliphatic rings. The normalized spacial score (nSPS) is 18.9. The summed E-state index contributed by atoms with van der Waals surface area (Å²) in [5, 5.41) is 2.49. The number of thiazole rings is 1. The second kappa shape index (κ2) is 7.09. The number of rotatable bonds is 4. The number of likely N-dealkylation sites (N-methyl/N-ethyl adjacent to an activating group) is 1. The predicted octanol–water partition coefficient (Wildman–Crippen LogP) is 2.36. The number of carbonyl (C=O) groups is 2. The van der Waals surface area contributed by atoms with Gasteiger partial charge in [-0.25, -0.2) is 4.98 Å². The Morgan fingerprint density at radius 1 is 1.57 bits per heavy atom. The van der Waals surface area contributed by atoms with E-state index in [1.165, 1.54) is 11.3 Å². The first-order valence-corrected chi connectivity index (χ1v) is 8.82. The molecule has 2 amide bonds. The van der Waals surface area contributed by atoms with Crippen molar-refractivity contribution in [2.45, 2.75) is 26.3 Å². The second-order valence-corrected chi connectivity index (χ2v) is 6.67. The topological polar surface area (TPSA) is 53.5 Å². The molecule has 0 aromatic carbocycles. The average molecular weight is 325 g/mol. The first-order valence-electron chi connectivity index (χ1n) is 6.78. The molecule has 0 N–H and O–H groups in total. The fourth-order valence-electron chi connectivity index (χ4n) is 2.17. The fraction of sp³-hybridized carbons (Fsp3) is 0.500. The molecular formula is C14H19N3O2S2.